The van der Waals surface area contributed by atoms with Crippen LogP contribution in [0.4, 0.5) is 10.5 Å². The summed E-state index contributed by atoms with van der Waals surface area (Å²) in [5.41, 5.74) is 2.87. The maximum Gasteiger partial charge on any atom is 0.319 e. The summed E-state index contributed by atoms with van der Waals surface area (Å²) in [7, 11) is 0. The van der Waals surface area contributed by atoms with E-state index in [1.165, 1.54) is 0 Å². The summed E-state index contributed by atoms with van der Waals surface area (Å²) in [6.45, 7) is 5.31. The Hall–Kier alpha value is -2.17. The summed E-state index contributed by atoms with van der Waals surface area (Å²) in [4.78, 5) is 11.8. The van der Waals surface area contributed by atoms with Crippen LogP contribution >= 0.6 is 0 Å². The van der Waals surface area contributed by atoms with Gasteiger partial charge < -0.3 is 20.1 Å². The standard InChI is InChI=1S/C14H16N2O3/c1-2-5-15-14(17)16-12-10-4-7-18-11(10)8-9-3-6-19-13(9)12/h2,8H,1,3-7H2,(H2,15,16,17). The fourth-order valence-electron chi connectivity index (χ4n) is 2.44. The number of hydrogen-bond donors (Lipinski definition) is 2. The minimum absolute atomic E-state index is 0.252. The van der Waals surface area contributed by atoms with Crippen molar-refractivity contribution in [2.45, 2.75) is 12.8 Å². The van der Waals surface area contributed by atoms with Crippen molar-refractivity contribution in [2.75, 3.05) is 25.1 Å². The summed E-state index contributed by atoms with van der Waals surface area (Å²) in [6, 6.07) is 1.77. The zero-order valence-corrected chi connectivity index (χ0v) is 10.6. The normalized spacial score (nSPS) is 14.9. The van der Waals surface area contributed by atoms with Crippen LogP contribution in [0.2, 0.25) is 0 Å². The molecule has 1 aromatic rings. The molecule has 0 unspecified atom stereocenters. The first kappa shape index (κ1) is 11.9. The smallest absolute Gasteiger partial charge is 0.319 e. The predicted molar refractivity (Wildman–Crippen MR) is 72.1 cm³/mol. The lowest BCUT2D eigenvalue weighted by atomic mass is 10.0. The van der Waals surface area contributed by atoms with Crippen LogP contribution < -0.4 is 20.1 Å². The van der Waals surface area contributed by atoms with Crippen LogP contribution in [-0.4, -0.2) is 25.8 Å². The van der Waals surface area contributed by atoms with Crippen LogP contribution in [0.25, 0.3) is 0 Å². The van der Waals surface area contributed by atoms with Gasteiger partial charge in [0.25, 0.3) is 0 Å². The number of benzene rings is 1. The van der Waals surface area contributed by atoms with Crippen molar-refractivity contribution < 1.29 is 14.3 Å². The minimum Gasteiger partial charge on any atom is -0.493 e. The topological polar surface area (TPSA) is 59.6 Å². The first-order valence-electron chi connectivity index (χ1n) is 6.39. The molecule has 0 fully saturated rings. The van der Waals surface area contributed by atoms with Crippen molar-refractivity contribution in [1.29, 1.82) is 0 Å². The molecule has 2 heterocycles. The molecule has 0 aromatic heterocycles. The number of amides is 2. The van der Waals surface area contributed by atoms with Crippen molar-refractivity contribution in [3.63, 3.8) is 0 Å². The molecule has 0 bridgehead atoms. The Balaban J connectivity index is 1.91. The van der Waals surface area contributed by atoms with Crippen molar-refractivity contribution in [1.82, 2.24) is 5.32 Å². The molecule has 100 valence electrons. The summed E-state index contributed by atoms with van der Waals surface area (Å²) in [6.07, 6.45) is 3.29. The van der Waals surface area contributed by atoms with Gasteiger partial charge in [-0.2, -0.15) is 0 Å². The summed E-state index contributed by atoms with van der Waals surface area (Å²) in [5.74, 6) is 1.65. The number of urea groups is 1. The number of hydrogen-bond acceptors (Lipinski definition) is 3. The molecule has 19 heavy (non-hydrogen) atoms. The van der Waals surface area contributed by atoms with Crippen molar-refractivity contribution >= 4 is 11.7 Å². The Morgan fingerprint density at radius 1 is 1.37 bits per heavy atom. The molecule has 1 aromatic carbocycles. The first-order valence-corrected chi connectivity index (χ1v) is 6.39. The van der Waals surface area contributed by atoms with Gasteiger partial charge in [0.1, 0.15) is 11.5 Å². The predicted octanol–water partition coefficient (Wildman–Crippen LogP) is 1.86. The second kappa shape index (κ2) is 4.84. The number of rotatable bonds is 3. The van der Waals surface area contributed by atoms with Gasteiger partial charge >= 0.3 is 6.03 Å². The van der Waals surface area contributed by atoms with Gasteiger partial charge in [0.15, 0.2) is 0 Å². The van der Waals surface area contributed by atoms with Gasteiger partial charge in [0, 0.05) is 30.5 Å². The van der Waals surface area contributed by atoms with Crippen molar-refractivity contribution in [3.8, 4) is 11.5 Å². The lowest BCUT2D eigenvalue weighted by molar-refractivity contribution is 0.253. The van der Waals surface area contributed by atoms with Gasteiger partial charge in [-0.15, -0.1) is 6.58 Å². The SMILES string of the molecule is C=CCNC(=O)Nc1c2c(cc3c1OCC3)OCC2. The molecule has 3 rings (SSSR count). The fourth-order valence-corrected chi connectivity index (χ4v) is 2.44. The van der Waals surface area contributed by atoms with Gasteiger partial charge in [-0.3, -0.25) is 0 Å². The quantitative estimate of drug-likeness (QED) is 0.816. The van der Waals surface area contributed by atoms with Gasteiger partial charge in [-0.05, 0) is 6.07 Å². The van der Waals surface area contributed by atoms with Crippen molar-refractivity contribution in [2.24, 2.45) is 0 Å². The van der Waals surface area contributed by atoms with Crippen LogP contribution in [0.1, 0.15) is 11.1 Å². The maximum atomic E-state index is 11.8. The van der Waals surface area contributed by atoms with Crippen LogP contribution in [0.5, 0.6) is 11.5 Å². The molecule has 2 amide bonds. The van der Waals surface area contributed by atoms with Gasteiger partial charge in [-0.1, -0.05) is 6.08 Å². The molecule has 0 saturated carbocycles. The third kappa shape index (κ3) is 2.12. The number of nitrogens with one attached hydrogen (secondary N) is 2. The third-order valence-electron chi connectivity index (χ3n) is 3.30. The van der Waals surface area contributed by atoms with Gasteiger partial charge in [0.05, 0.1) is 18.9 Å². The van der Waals surface area contributed by atoms with E-state index in [1.54, 1.807) is 6.08 Å². The largest absolute Gasteiger partial charge is 0.493 e. The maximum absolute atomic E-state index is 11.8. The molecule has 0 spiro atoms. The van der Waals surface area contributed by atoms with E-state index < -0.39 is 0 Å². The number of ether oxygens (including phenoxy) is 2. The Morgan fingerprint density at radius 2 is 2.21 bits per heavy atom. The van der Waals surface area contributed by atoms with Gasteiger partial charge in [-0.25, -0.2) is 4.79 Å². The third-order valence-corrected chi connectivity index (χ3v) is 3.30. The van der Waals surface area contributed by atoms with E-state index in [0.29, 0.717) is 19.8 Å². The zero-order chi connectivity index (χ0) is 13.2. The minimum atomic E-state index is -0.252. The van der Waals surface area contributed by atoms with Crippen LogP contribution in [-0.2, 0) is 12.8 Å². The molecule has 2 N–H and O–H groups in total. The highest BCUT2D eigenvalue weighted by Gasteiger charge is 2.27. The van der Waals surface area contributed by atoms with E-state index in [9.17, 15) is 4.79 Å². The fraction of sp³-hybridized carbons (Fsp3) is 0.357. The number of anilines is 1. The molecule has 2 aliphatic rings. The Labute approximate surface area is 111 Å². The van der Waals surface area contributed by atoms with Crippen LogP contribution in [0.3, 0.4) is 0 Å². The molecule has 5 nitrogen and oxygen atoms in total. The molecule has 0 saturated heterocycles. The van der Waals surface area contributed by atoms with Crippen LogP contribution in [0.15, 0.2) is 18.7 Å². The molecular weight excluding hydrogens is 244 g/mol. The van der Waals surface area contributed by atoms with Crippen molar-refractivity contribution in [3.05, 3.63) is 29.8 Å². The Kier molecular flexibility index (Phi) is 3.03. The Morgan fingerprint density at radius 3 is 3.05 bits per heavy atom. The van der Waals surface area contributed by atoms with Crippen LogP contribution in [0, 0.1) is 0 Å². The van der Waals surface area contributed by atoms with Gasteiger partial charge in [0.2, 0.25) is 0 Å². The first-order chi connectivity index (χ1) is 9.29. The summed E-state index contributed by atoms with van der Waals surface area (Å²) < 4.78 is 11.2. The Bertz CT molecular complexity index is 508. The summed E-state index contributed by atoms with van der Waals surface area (Å²) >= 11 is 0. The van der Waals surface area contributed by atoms with E-state index >= 15 is 0 Å². The van der Waals surface area contributed by atoms with E-state index in [2.05, 4.69) is 17.2 Å². The van der Waals surface area contributed by atoms with E-state index in [0.717, 1.165) is 41.2 Å². The average molecular weight is 260 g/mol. The monoisotopic (exact) mass is 260 g/mol. The molecule has 5 heteroatoms. The molecule has 0 aliphatic carbocycles. The highest BCUT2D eigenvalue weighted by Crippen LogP contribution is 2.44. The second-order valence-corrected chi connectivity index (χ2v) is 4.54. The van der Waals surface area contributed by atoms with E-state index in [4.69, 9.17) is 9.47 Å². The zero-order valence-electron chi connectivity index (χ0n) is 10.6. The lowest BCUT2D eigenvalue weighted by Crippen LogP contribution is -2.29. The molecule has 0 atom stereocenters. The highest BCUT2D eigenvalue weighted by molar-refractivity contribution is 5.93. The molecular formula is C14H16N2O3. The van der Waals surface area contributed by atoms with E-state index in [1.807, 2.05) is 6.07 Å². The van der Waals surface area contributed by atoms with E-state index in [-0.39, 0.29) is 6.03 Å². The second-order valence-electron chi connectivity index (χ2n) is 4.54. The average Bonchev–Trinajstić information content (AvgIpc) is 3.04. The molecule has 2 aliphatic heterocycles. The molecule has 0 radical (unpaired) electrons. The number of fused-ring (bicyclic) bond motifs is 2. The number of carbonyl (C=O) groups is 1. The lowest BCUT2D eigenvalue weighted by Gasteiger charge is -2.14. The highest BCUT2D eigenvalue weighted by atomic mass is 16.5. The number of carbonyl (C=O) groups excluding carboxylic acids is 1. The summed E-state index contributed by atoms with van der Waals surface area (Å²) in [5, 5.41) is 5.57.